The van der Waals surface area contributed by atoms with E-state index >= 15 is 0 Å². The summed E-state index contributed by atoms with van der Waals surface area (Å²) in [5.74, 6) is 1.33. The van der Waals surface area contributed by atoms with Crippen molar-refractivity contribution < 1.29 is 14.3 Å². The summed E-state index contributed by atoms with van der Waals surface area (Å²) in [6.07, 6.45) is 0. The molecule has 4 rings (SSSR count). The van der Waals surface area contributed by atoms with Crippen LogP contribution in [-0.2, 0) is 6.54 Å². The molecule has 0 saturated heterocycles. The predicted octanol–water partition coefficient (Wildman–Crippen LogP) is 5.24. The minimum atomic E-state index is -0.153. The molecular weight excluding hydrogens is 388 g/mol. The highest BCUT2D eigenvalue weighted by Gasteiger charge is 2.12. The number of hydrogen-bond acceptors (Lipinski definition) is 4. The third-order valence-corrected chi connectivity index (χ3v) is 4.99. The van der Waals surface area contributed by atoms with Crippen molar-refractivity contribution >= 4 is 16.8 Å². The summed E-state index contributed by atoms with van der Waals surface area (Å²) >= 11 is 0. The first-order valence-electron chi connectivity index (χ1n) is 10.2. The van der Waals surface area contributed by atoms with Gasteiger partial charge in [-0.05, 0) is 42.8 Å². The number of methoxy groups -OCH3 is 1. The number of nitrogens with zero attached hydrogens (tertiary/aromatic N) is 1. The maximum absolute atomic E-state index is 12.8. The highest BCUT2D eigenvalue weighted by molar-refractivity contribution is 5.99. The van der Waals surface area contributed by atoms with E-state index in [1.54, 1.807) is 13.2 Å². The second-order valence-electron chi connectivity index (χ2n) is 7.07. The zero-order chi connectivity index (χ0) is 21.6. The molecule has 1 amide bonds. The van der Waals surface area contributed by atoms with Crippen molar-refractivity contribution in [3.63, 3.8) is 0 Å². The molecule has 156 valence electrons. The van der Waals surface area contributed by atoms with Crippen LogP contribution in [0.15, 0.2) is 78.9 Å². The molecular formula is C26H24N2O3. The molecule has 0 fully saturated rings. The molecule has 5 heteroatoms. The molecule has 1 N–H and O–H groups in total. The summed E-state index contributed by atoms with van der Waals surface area (Å²) < 4.78 is 11.1. The molecule has 5 nitrogen and oxygen atoms in total. The van der Waals surface area contributed by atoms with Crippen LogP contribution >= 0.6 is 0 Å². The number of aromatic nitrogens is 1. The van der Waals surface area contributed by atoms with Crippen LogP contribution in [0, 0.1) is 0 Å². The zero-order valence-electron chi connectivity index (χ0n) is 17.6. The van der Waals surface area contributed by atoms with Gasteiger partial charge in [-0.3, -0.25) is 4.79 Å². The number of ether oxygens (including phenoxy) is 2. The minimum absolute atomic E-state index is 0.153. The molecule has 1 aromatic heterocycles. The standard InChI is InChI=1S/C26H24N2O3/c1-3-31-25-16-24(19-9-5-4-6-10-19)28-23-13-12-20(15-22(23)25)26(29)27-17-18-8-7-11-21(14-18)30-2/h4-16H,3,17H2,1-2H3,(H,27,29). The molecule has 3 aromatic carbocycles. The average Bonchev–Trinajstić information content (AvgIpc) is 2.83. The minimum Gasteiger partial charge on any atom is -0.497 e. The number of pyridine rings is 1. The summed E-state index contributed by atoms with van der Waals surface area (Å²) in [5.41, 5.74) is 4.18. The zero-order valence-corrected chi connectivity index (χ0v) is 17.6. The van der Waals surface area contributed by atoms with Gasteiger partial charge in [0.2, 0.25) is 0 Å². The number of carbonyl (C=O) groups excluding carboxylic acids is 1. The molecule has 0 aliphatic carbocycles. The third kappa shape index (κ3) is 4.67. The lowest BCUT2D eigenvalue weighted by molar-refractivity contribution is 0.0951. The lowest BCUT2D eigenvalue weighted by atomic mass is 10.1. The SMILES string of the molecule is CCOc1cc(-c2ccccc2)nc2ccc(C(=O)NCc3cccc(OC)c3)cc12. The third-order valence-electron chi connectivity index (χ3n) is 4.99. The van der Waals surface area contributed by atoms with E-state index in [4.69, 9.17) is 14.5 Å². The Bertz CT molecular complexity index is 1210. The molecule has 0 radical (unpaired) electrons. The summed E-state index contributed by atoms with van der Waals surface area (Å²) in [6.45, 7) is 2.89. The molecule has 31 heavy (non-hydrogen) atoms. The smallest absolute Gasteiger partial charge is 0.251 e. The summed E-state index contributed by atoms with van der Waals surface area (Å²) in [5, 5.41) is 3.78. The van der Waals surface area contributed by atoms with E-state index in [-0.39, 0.29) is 5.91 Å². The second-order valence-corrected chi connectivity index (χ2v) is 7.07. The van der Waals surface area contributed by atoms with Gasteiger partial charge in [0.15, 0.2) is 0 Å². The maximum Gasteiger partial charge on any atom is 0.251 e. The Morgan fingerprint density at radius 1 is 0.968 bits per heavy atom. The van der Waals surface area contributed by atoms with E-state index in [2.05, 4.69) is 5.32 Å². The van der Waals surface area contributed by atoms with Crippen LogP contribution in [0.5, 0.6) is 11.5 Å². The van der Waals surface area contributed by atoms with Gasteiger partial charge in [0, 0.05) is 29.1 Å². The van der Waals surface area contributed by atoms with E-state index in [0.29, 0.717) is 24.5 Å². The Morgan fingerprint density at radius 2 is 1.81 bits per heavy atom. The molecule has 0 aliphatic heterocycles. The molecule has 0 aliphatic rings. The van der Waals surface area contributed by atoms with Gasteiger partial charge in [-0.15, -0.1) is 0 Å². The van der Waals surface area contributed by atoms with Gasteiger partial charge in [0.1, 0.15) is 11.5 Å². The molecule has 0 atom stereocenters. The van der Waals surface area contributed by atoms with E-state index < -0.39 is 0 Å². The molecule has 1 heterocycles. The van der Waals surface area contributed by atoms with Crippen molar-refractivity contribution in [3.05, 3.63) is 90.0 Å². The van der Waals surface area contributed by atoms with E-state index in [9.17, 15) is 4.79 Å². The number of fused-ring (bicyclic) bond motifs is 1. The Hall–Kier alpha value is -3.86. The lowest BCUT2D eigenvalue weighted by Crippen LogP contribution is -2.22. The first-order chi connectivity index (χ1) is 15.2. The largest absolute Gasteiger partial charge is 0.497 e. The number of benzene rings is 3. The predicted molar refractivity (Wildman–Crippen MR) is 123 cm³/mol. The van der Waals surface area contributed by atoms with Gasteiger partial charge in [0.05, 0.1) is 24.9 Å². The van der Waals surface area contributed by atoms with Gasteiger partial charge < -0.3 is 14.8 Å². The van der Waals surface area contributed by atoms with Crippen molar-refractivity contribution in [2.75, 3.05) is 13.7 Å². The van der Waals surface area contributed by atoms with Gasteiger partial charge in [-0.2, -0.15) is 0 Å². The van der Waals surface area contributed by atoms with E-state index in [1.807, 2.05) is 79.7 Å². The molecule has 0 unspecified atom stereocenters. The van der Waals surface area contributed by atoms with E-state index in [1.165, 1.54) is 0 Å². The van der Waals surface area contributed by atoms with Gasteiger partial charge in [-0.1, -0.05) is 42.5 Å². The van der Waals surface area contributed by atoms with Crippen LogP contribution < -0.4 is 14.8 Å². The topological polar surface area (TPSA) is 60.5 Å². The Balaban J connectivity index is 1.61. The number of carbonyl (C=O) groups is 1. The van der Waals surface area contributed by atoms with Gasteiger partial charge >= 0.3 is 0 Å². The highest BCUT2D eigenvalue weighted by Crippen LogP contribution is 2.31. The van der Waals surface area contributed by atoms with Gasteiger partial charge in [-0.25, -0.2) is 4.98 Å². The van der Waals surface area contributed by atoms with Gasteiger partial charge in [0.25, 0.3) is 5.91 Å². The highest BCUT2D eigenvalue weighted by atomic mass is 16.5. The van der Waals surface area contributed by atoms with Crippen molar-refractivity contribution in [1.29, 1.82) is 0 Å². The van der Waals surface area contributed by atoms with Crippen LogP contribution in [-0.4, -0.2) is 24.6 Å². The summed E-state index contributed by atoms with van der Waals surface area (Å²) in [4.78, 5) is 17.5. The first kappa shape index (κ1) is 20.4. The number of amides is 1. The Morgan fingerprint density at radius 3 is 2.58 bits per heavy atom. The van der Waals surface area contributed by atoms with E-state index in [0.717, 1.165) is 33.5 Å². The molecule has 4 aromatic rings. The molecule has 0 spiro atoms. The van der Waals surface area contributed by atoms with Crippen molar-refractivity contribution in [2.24, 2.45) is 0 Å². The number of rotatable bonds is 7. The van der Waals surface area contributed by atoms with Crippen LogP contribution in [0.1, 0.15) is 22.8 Å². The fourth-order valence-corrected chi connectivity index (χ4v) is 3.43. The monoisotopic (exact) mass is 412 g/mol. The summed E-state index contributed by atoms with van der Waals surface area (Å²) in [6, 6.07) is 25.0. The fourth-order valence-electron chi connectivity index (χ4n) is 3.43. The van der Waals surface area contributed by atoms with Crippen LogP contribution in [0.4, 0.5) is 0 Å². The first-order valence-corrected chi connectivity index (χ1v) is 10.2. The Labute approximate surface area is 181 Å². The number of nitrogens with one attached hydrogen (secondary N) is 1. The van der Waals surface area contributed by atoms with Crippen molar-refractivity contribution in [1.82, 2.24) is 10.3 Å². The van der Waals surface area contributed by atoms with Crippen LogP contribution in [0.2, 0.25) is 0 Å². The van der Waals surface area contributed by atoms with Crippen molar-refractivity contribution in [2.45, 2.75) is 13.5 Å². The lowest BCUT2D eigenvalue weighted by Gasteiger charge is -2.12. The quantitative estimate of drug-likeness (QED) is 0.451. The second kappa shape index (κ2) is 9.30. The summed E-state index contributed by atoms with van der Waals surface area (Å²) in [7, 11) is 1.62. The van der Waals surface area contributed by atoms with Crippen molar-refractivity contribution in [3.8, 4) is 22.8 Å². The average molecular weight is 412 g/mol. The maximum atomic E-state index is 12.8. The Kier molecular flexibility index (Phi) is 6.13. The number of hydrogen-bond donors (Lipinski definition) is 1. The normalized spacial score (nSPS) is 10.6. The van der Waals surface area contributed by atoms with Crippen LogP contribution in [0.3, 0.4) is 0 Å². The molecule has 0 saturated carbocycles. The van der Waals surface area contributed by atoms with Crippen LogP contribution in [0.25, 0.3) is 22.2 Å². The fraction of sp³-hybridized carbons (Fsp3) is 0.154. The molecule has 0 bridgehead atoms.